The number of hydrogen-bond acceptors (Lipinski definition) is 1. The smallest absolute Gasteiger partial charge is 0.253 e. The van der Waals surface area contributed by atoms with E-state index in [-0.39, 0.29) is 5.91 Å². The summed E-state index contributed by atoms with van der Waals surface area (Å²) in [6, 6.07) is 6.17. The number of amides is 1. The van der Waals surface area contributed by atoms with Gasteiger partial charge in [0.05, 0.1) is 5.56 Å². The second kappa shape index (κ2) is 5.35. The van der Waals surface area contributed by atoms with Crippen molar-refractivity contribution >= 4 is 30.1 Å². The zero-order valence-electron chi connectivity index (χ0n) is 12.3. The molecule has 20 heavy (non-hydrogen) atoms. The highest BCUT2D eigenvalue weighted by Gasteiger charge is 2.18. The Morgan fingerprint density at radius 1 is 1.40 bits per heavy atom. The van der Waals surface area contributed by atoms with Crippen molar-refractivity contribution in [2.75, 3.05) is 6.54 Å². The summed E-state index contributed by atoms with van der Waals surface area (Å²) in [5.41, 5.74) is 3.09. The molecule has 1 aromatic carbocycles. The Kier molecular flexibility index (Phi) is 3.55. The summed E-state index contributed by atoms with van der Waals surface area (Å²) < 4.78 is 2.03. The number of carbonyl (C=O) groups is 1. The Balaban J connectivity index is 1.84. The normalized spacial score (nSPS) is 15.8. The summed E-state index contributed by atoms with van der Waals surface area (Å²) in [5, 5.41) is 4.20. The quantitative estimate of drug-likeness (QED) is 0.838. The molecule has 0 aliphatic heterocycles. The van der Waals surface area contributed by atoms with E-state index in [4.69, 9.17) is 0 Å². The van der Waals surface area contributed by atoms with Crippen LogP contribution in [0.15, 0.2) is 24.4 Å². The average molecular weight is 268 g/mol. The van der Waals surface area contributed by atoms with E-state index in [1.54, 1.807) is 0 Å². The Morgan fingerprint density at radius 3 is 2.90 bits per heavy atom. The fraction of sp³-hybridized carbons (Fsp3) is 0.438. The van der Waals surface area contributed by atoms with Crippen LogP contribution in [-0.4, -0.2) is 24.9 Å². The number of nitrogens with zero attached hydrogens (tertiary/aromatic N) is 1. The van der Waals surface area contributed by atoms with E-state index in [1.807, 2.05) is 23.9 Å². The van der Waals surface area contributed by atoms with Gasteiger partial charge >= 0.3 is 0 Å². The number of aromatic nitrogens is 1. The molecule has 0 unspecified atom stereocenters. The van der Waals surface area contributed by atoms with Crippen molar-refractivity contribution in [3.05, 3.63) is 30.0 Å². The molecule has 2 aromatic rings. The molecule has 1 saturated carbocycles. The van der Waals surface area contributed by atoms with Crippen LogP contribution in [-0.2, 0) is 7.05 Å². The van der Waals surface area contributed by atoms with E-state index in [2.05, 4.69) is 25.3 Å². The highest BCUT2D eigenvalue weighted by molar-refractivity contribution is 6.40. The number of aryl methyl sites for hydroxylation is 1. The van der Waals surface area contributed by atoms with Gasteiger partial charge in [0, 0.05) is 30.7 Å². The van der Waals surface area contributed by atoms with Gasteiger partial charge in [0.15, 0.2) is 0 Å². The number of hydrogen-bond donors (Lipinski definition) is 1. The van der Waals surface area contributed by atoms with Crippen molar-refractivity contribution in [2.45, 2.75) is 25.7 Å². The van der Waals surface area contributed by atoms with Crippen LogP contribution < -0.4 is 10.8 Å². The largest absolute Gasteiger partial charge is 0.352 e. The molecule has 1 amide bonds. The lowest BCUT2D eigenvalue weighted by atomic mass is 9.90. The summed E-state index contributed by atoms with van der Waals surface area (Å²) in [7, 11) is 4.06. The third-order valence-corrected chi connectivity index (χ3v) is 4.49. The topological polar surface area (TPSA) is 34.0 Å². The molecule has 104 valence electrons. The standard InChI is InChI=1S/C16H21BN2O/c1-19-10-12(15-13(17)7-4-8-14(15)19)16(20)18-9-11-5-2-3-6-11/h4,7-8,10-11H,2-3,5-6,9,17H2,1H3,(H,18,20). The van der Waals surface area contributed by atoms with Crippen molar-refractivity contribution in [1.29, 1.82) is 0 Å². The monoisotopic (exact) mass is 268 g/mol. The lowest BCUT2D eigenvalue weighted by Gasteiger charge is -2.10. The SMILES string of the molecule is Bc1cccc2c1c(C(=O)NCC1CCCC1)cn2C. The third kappa shape index (κ3) is 2.35. The number of carbonyl (C=O) groups excluding carboxylic acids is 1. The molecule has 0 radical (unpaired) electrons. The number of fused-ring (bicyclic) bond motifs is 1. The second-order valence-corrected chi connectivity index (χ2v) is 5.98. The van der Waals surface area contributed by atoms with Crippen molar-refractivity contribution in [2.24, 2.45) is 13.0 Å². The fourth-order valence-corrected chi connectivity index (χ4v) is 3.34. The molecule has 3 nitrogen and oxygen atoms in total. The molecule has 1 aliphatic rings. The van der Waals surface area contributed by atoms with Crippen LogP contribution in [0.5, 0.6) is 0 Å². The van der Waals surface area contributed by atoms with Gasteiger partial charge in [-0.2, -0.15) is 0 Å². The molecule has 1 heterocycles. The minimum absolute atomic E-state index is 0.0665. The predicted molar refractivity (Wildman–Crippen MR) is 85.4 cm³/mol. The van der Waals surface area contributed by atoms with Crippen molar-refractivity contribution in [1.82, 2.24) is 9.88 Å². The molecule has 0 saturated heterocycles. The summed E-state index contributed by atoms with van der Waals surface area (Å²) in [5.74, 6) is 0.742. The Hall–Kier alpha value is -1.71. The second-order valence-electron chi connectivity index (χ2n) is 5.98. The molecule has 3 rings (SSSR count). The van der Waals surface area contributed by atoms with E-state index in [0.29, 0.717) is 5.92 Å². The molecule has 0 bridgehead atoms. The van der Waals surface area contributed by atoms with Gasteiger partial charge in [0.25, 0.3) is 5.91 Å². The zero-order chi connectivity index (χ0) is 14.1. The zero-order valence-corrected chi connectivity index (χ0v) is 12.3. The maximum absolute atomic E-state index is 12.5. The first kappa shape index (κ1) is 13.3. The van der Waals surface area contributed by atoms with Crippen LogP contribution in [0.4, 0.5) is 0 Å². The Morgan fingerprint density at radius 2 is 2.15 bits per heavy atom. The van der Waals surface area contributed by atoms with Crippen LogP contribution in [0.2, 0.25) is 0 Å². The average Bonchev–Trinajstić information content (AvgIpc) is 3.05. The summed E-state index contributed by atoms with van der Waals surface area (Å²) in [6.07, 6.45) is 7.09. The molecular formula is C16H21BN2O. The summed E-state index contributed by atoms with van der Waals surface area (Å²) in [6.45, 7) is 0.821. The third-order valence-electron chi connectivity index (χ3n) is 4.49. The highest BCUT2D eigenvalue weighted by Crippen LogP contribution is 2.24. The lowest BCUT2D eigenvalue weighted by molar-refractivity contribution is 0.0949. The van der Waals surface area contributed by atoms with Crippen LogP contribution >= 0.6 is 0 Å². The first-order chi connectivity index (χ1) is 9.66. The highest BCUT2D eigenvalue weighted by atomic mass is 16.1. The molecule has 1 fully saturated rings. The van der Waals surface area contributed by atoms with Crippen molar-refractivity contribution in [3.63, 3.8) is 0 Å². The molecule has 1 N–H and O–H groups in total. The van der Waals surface area contributed by atoms with Gasteiger partial charge in [-0.1, -0.05) is 30.4 Å². The minimum Gasteiger partial charge on any atom is -0.352 e. The Bertz CT molecular complexity index is 641. The molecule has 4 heteroatoms. The van der Waals surface area contributed by atoms with Crippen molar-refractivity contribution in [3.8, 4) is 0 Å². The van der Waals surface area contributed by atoms with Gasteiger partial charge in [0.2, 0.25) is 0 Å². The maximum atomic E-state index is 12.5. The van der Waals surface area contributed by atoms with E-state index >= 15 is 0 Å². The predicted octanol–water partition coefficient (Wildman–Crippen LogP) is 1.36. The number of benzene rings is 1. The summed E-state index contributed by atoms with van der Waals surface area (Å²) in [4.78, 5) is 12.5. The number of nitrogens with one attached hydrogen (secondary N) is 1. The van der Waals surface area contributed by atoms with Gasteiger partial charge in [0.1, 0.15) is 7.85 Å². The minimum atomic E-state index is 0.0665. The number of rotatable bonds is 3. The fourth-order valence-electron chi connectivity index (χ4n) is 3.34. The van der Waals surface area contributed by atoms with E-state index in [9.17, 15) is 4.79 Å². The van der Waals surface area contributed by atoms with Crippen LogP contribution in [0.1, 0.15) is 36.0 Å². The van der Waals surface area contributed by atoms with E-state index < -0.39 is 0 Å². The van der Waals surface area contributed by atoms with Gasteiger partial charge in [-0.25, -0.2) is 0 Å². The van der Waals surface area contributed by atoms with Gasteiger partial charge in [-0.05, 0) is 24.8 Å². The first-order valence-corrected chi connectivity index (χ1v) is 7.49. The molecular weight excluding hydrogens is 247 g/mol. The lowest BCUT2D eigenvalue weighted by Crippen LogP contribution is -2.28. The van der Waals surface area contributed by atoms with E-state index in [1.165, 1.54) is 25.7 Å². The first-order valence-electron chi connectivity index (χ1n) is 7.49. The Labute approximate surface area is 120 Å². The maximum Gasteiger partial charge on any atom is 0.253 e. The van der Waals surface area contributed by atoms with Crippen LogP contribution in [0, 0.1) is 5.92 Å². The van der Waals surface area contributed by atoms with E-state index in [0.717, 1.165) is 28.5 Å². The van der Waals surface area contributed by atoms with Crippen LogP contribution in [0.25, 0.3) is 10.9 Å². The molecule has 1 aliphatic carbocycles. The van der Waals surface area contributed by atoms with Gasteiger partial charge in [-0.15, -0.1) is 0 Å². The molecule has 1 aromatic heterocycles. The molecule has 0 spiro atoms. The van der Waals surface area contributed by atoms with Gasteiger partial charge in [-0.3, -0.25) is 4.79 Å². The van der Waals surface area contributed by atoms with Crippen molar-refractivity contribution < 1.29 is 4.79 Å². The van der Waals surface area contributed by atoms with Gasteiger partial charge < -0.3 is 9.88 Å². The van der Waals surface area contributed by atoms with Crippen LogP contribution in [0.3, 0.4) is 0 Å². The summed E-state index contributed by atoms with van der Waals surface area (Å²) >= 11 is 0. The molecule has 0 atom stereocenters.